The van der Waals surface area contributed by atoms with Crippen LogP contribution in [0.5, 0.6) is 5.75 Å². The Morgan fingerprint density at radius 3 is 2.85 bits per heavy atom. The zero-order valence-corrected chi connectivity index (χ0v) is 12.2. The predicted molar refractivity (Wildman–Crippen MR) is 76.8 cm³/mol. The first kappa shape index (κ1) is 15.1. The van der Waals surface area contributed by atoms with Crippen molar-refractivity contribution in [3.05, 3.63) is 28.8 Å². The minimum atomic E-state index is -0.599. The number of carbonyl (C=O) groups excluding carboxylic acids is 1. The highest BCUT2D eigenvalue weighted by molar-refractivity contribution is 6.32. The van der Waals surface area contributed by atoms with E-state index in [2.05, 4.69) is 0 Å². The first-order chi connectivity index (χ1) is 9.63. The molecule has 0 bridgehead atoms. The molecule has 1 aliphatic heterocycles. The number of para-hydroxylation sites is 1. The Morgan fingerprint density at radius 2 is 2.20 bits per heavy atom. The third-order valence-corrected chi connectivity index (χ3v) is 3.53. The molecule has 0 aromatic heterocycles. The molecule has 1 aromatic carbocycles. The summed E-state index contributed by atoms with van der Waals surface area (Å²) in [5.74, 6) is 0.432. The molecule has 20 heavy (non-hydrogen) atoms. The van der Waals surface area contributed by atoms with E-state index < -0.39 is 6.10 Å². The van der Waals surface area contributed by atoms with Crippen molar-refractivity contribution in [2.75, 3.05) is 26.3 Å². The smallest absolute Gasteiger partial charge is 0.263 e. The molecule has 1 aromatic rings. The zero-order valence-electron chi connectivity index (χ0n) is 11.5. The van der Waals surface area contributed by atoms with Crippen molar-refractivity contribution in [3.63, 3.8) is 0 Å². The van der Waals surface area contributed by atoms with Crippen LogP contribution in [0.1, 0.15) is 12.5 Å². The molecular formula is C14H19ClN2O3. The molecule has 5 nitrogen and oxygen atoms in total. The number of ether oxygens (including phenoxy) is 2. The molecule has 1 saturated heterocycles. The van der Waals surface area contributed by atoms with E-state index in [0.717, 1.165) is 5.56 Å². The number of carbonyl (C=O) groups is 1. The quantitative estimate of drug-likeness (QED) is 0.913. The molecule has 1 heterocycles. The minimum absolute atomic E-state index is 0.0591. The number of hydrogen-bond acceptors (Lipinski definition) is 4. The summed E-state index contributed by atoms with van der Waals surface area (Å²) in [5.41, 5.74) is 6.45. The van der Waals surface area contributed by atoms with Crippen molar-refractivity contribution in [2.24, 2.45) is 5.73 Å². The van der Waals surface area contributed by atoms with Gasteiger partial charge in [-0.25, -0.2) is 0 Å². The fourth-order valence-corrected chi connectivity index (χ4v) is 2.35. The van der Waals surface area contributed by atoms with Crippen LogP contribution in [0.4, 0.5) is 0 Å². The summed E-state index contributed by atoms with van der Waals surface area (Å²) >= 11 is 6.12. The summed E-state index contributed by atoms with van der Waals surface area (Å²) in [6, 6.07) is 5.38. The molecule has 1 aliphatic rings. The molecule has 1 amide bonds. The molecule has 1 fully saturated rings. The van der Waals surface area contributed by atoms with Crippen molar-refractivity contribution < 1.29 is 14.3 Å². The number of halogens is 1. The standard InChI is InChI=1S/C14H19ClN2O3/c1-10(14(18)17-5-7-19-8-6-17)20-13-11(9-16)3-2-4-12(13)15/h2-4,10H,5-9,16H2,1H3. The molecule has 1 atom stereocenters. The van der Waals surface area contributed by atoms with E-state index in [-0.39, 0.29) is 5.91 Å². The molecule has 0 aliphatic carbocycles. The summed E-state index contributed by atoms with van der Waals surface area (Å²) in [5, 5.41) is 0.467. The second-order valence-corrected chi connectivity index (χ2v) is 5.04. The van der Waals surface area contributed by atoms with Gasteiger partial charge in [0.2, 0.25) is 0 Å². The number of rotatable bonds is 4. The Bertz CT molecular complexity index is 475. The number of morpholine rings is 1. The third-order valence-electron chi connectivity index (χ3n) is 3.23. The minimum Gasteiger partial charge on any atom is -0.479 e. The van der Waals surface area contributed by atoms with Crippen LogP contribution in [-0.4, -0.2) is 43.2 Å². The number of amides is 1. The molecule has 110 valence electrons. The predicted octanol–water partition coefficient (Wildman–Crippen LogP) is 1.42. The van der Waals surface area contributed by atoms with Gasteiger partial charge < -0.3 is 20.1 Å². The fraction of sp³-hybridized carbons (Fsp3) is 0.500. The number of nitrogens with zero attached hydrogens (tertiary/aromatic N) is 1. The Balaban J connectivity index is 2.07. The van der Waals surface area contributed by atoms with Gasteiger partial charge >= 0.3 is 0 Å². The van der Waals surface area contributed by atoms with E-state index in [4.69, 9.17) is 26.8 Å². The van der Waals surface area contributed by atoms with E-state index in [1.807, 2.05) is 12.1 Å². The highest BCUT2D eigenvalue weighted by atomic mass is 35.5. The lowest BCUT2D eigenvalue weighted by atomic mass is 10.2. The van der Waals surface area contributed by atoms with Gasteiger partial charge in [0, 0.05) is 25.2 Å². The van der Waals surface area contributed by atoms with Crippen molar-refractivity contribution in [1.29, 1.82) is 0 Å². The monoisotopic (exact) mass is 298 g/mol. The van der Waals surface area contributed by atoms with Gasteiger partial charge in [-0.3, -0.25) is 4.79 Å². The molecule has 0 radical (unpaired) electrons. The Kier molecular flexibility index (Phi) is 5.23. The summed E-state index contributed by atoms with van der Waals surface area (Å²) in [6.07, 6.45) is -0.599. The van der Waals surface area contributed by atoms with Crippen LogP contribution < -0.4 is 10.5 Å². The normalized spacial score (nSPS) is 16.9. The topological polar surface area (TPSA) is 64.8 Å². The fourth-order valence-electron chi connectivity index (χ4n) is 2.11. The maximum atomic E-state index is 12.3. The van der Waals surface area contributed by atoms with Crippen molar-refractivity contribution >= 4 is 17.5 Å². The molecular weight excluding hydrogens is 280 g/mol. The van der Waals surface area contributed by atoms with Crippen LogP contribution in [0.15, 0.2) is 18.2 Å². The lowest BCUT2D eigenvalue weighted by Crippen LogP contribution is -2.46. The second-order valence-electron chi connectivity index (χ2n) is 4.63. The highest BCUT2D eigenvalue weighted by Crippen LogP contribution is 2.29. The molecule has 0 saturated carbocycles. The number of nitrogens with two attached hydrogens (primary N) is 1. The lowest BCUT2D eigenvalue weighted by Gasteiger charge is -2.29. The molecule has 0 spiro atoms. The van der Waals surface area contributed by atoms with Crippen LogP contribution in [-0.2, 0) is 16.1 Å². The van der Waals surface area contributed by atoms with Crippen LogP contribution >= 0.6 is 11.6 Å². The van der Waals surface area contributed by atoms with Gasteiger partial charge in [-0.05, 0) is 13.0 Å². The van der Waals surface area contributed by atoms with Crippen molar-refractivity contribution in [1.82, 2.24) is 4.90 Å². The Labute approximate surface area is 123 Å². The van der Waals surface area contributed by atoms with E-state index in [1.54, 1.807) is 17.9 Å². The SMILES string of the molecule is CC(Oc1c(Cl)cccc1CN)C(=O)N1CCOCC1. The summed E-state index contributed by atoms with van der Waals surface area (Å²) < 4.78 is 11.0. The zero-order chi connectivity index (χ0) is 14.5. The first-order valence-corrected chi connectivity index (χ1v) is 7.02. The van der Waals surface area contributed by atoms with Gasteiger partial charge in [0.25, 0.3) is 5.91 Å². The van der Waals surface area contributed by atoms with Crippen molar-refractivity contribution in [2.45, 2.75) is 19.6 Å². The van der Waals surface area contributed by atoms with E-state index in [1.165, 1.54) is 0 Å². The number of hydrogen-bond donors (Lipinski definition) is 1. The summed E-state index contributed by atoms with van der Waals surface area (Å²) in [7, 11) is 0. The van der Waals surface area contributed by atoms with Crippen LogP contribution in [0, 0.1) is 0 Å². The van der Waals surface area contributed by atoms with Crippen molar-refractivity contribution in [3.8, 4) is 5.75 Å². The Morgan fingerprint density at radius 1 is 1.50 bits per heavy atom. The Hall–Kier alpha value is -1.30. The lowest BCUT2D eigenvalue weighted by molar-refractivity contribution is -0.142. The van der Waals surface area contributed by atoms with Gasteiger partial charge in [0.15, 0.2) is 6.10 Å². The molecule has 2 N–H and O–H groups in total. The average molecular weight is 299 g/mol. The molecule has 1 unspecified atom stereocenters. The first-order valence-electron chi connectivity index (χ1n) is 6.64. The maximum Gasteiger partial charge on any atom is 0.263 e. The number of benzene rings is 1. The van der Waals surface area contributed by atoms with Crippen LogP contribution in [0.25, 0.3) is 0 Å². The van der Waals surface area contributed by atoms with Gasteiger partial charge in [-0.1, -0.05) is 23.7 Å². The van der Waals surface area contributed by atoms with E-state index in [9.17, 15) is 4.79 Å². The average Bonchev–Trinajstić information content (AvgIpc) is 2.49. The maximum absolute atomic E-state index is 12.3. The summed E-state index contributed by atoms with van der Waals surface area (Å²) in [4.78, 5) is 14.0. The largest absolute Gasteiger partial charge is 0.479 e. The van der Waals surface area contributed by atoms with Gasteiger partial charge in [-0.15, -0.1) is 0 Å². The second kappa shape index (κ2) is 6.92. The van der Waals surface area contributed by atoms with E-state index in [0.29, 0.717) is 43.6 Å². The molecule has 2 rings (SSSR count). The summed E-state index contributed by atoms with van der Waals surface area (Å²) in [6.45, 7) is 4.37. The molecule has 6 heteroatoms. The van der Waals surface area contributed by atoms with Gasteiger partial charge in [0.05, 0.1) is 18.2 Å². The van der Waals surface area contributed by atoms with Gasteiger partial charge in [-0.2, -0.15) is 0 Å². The van der Waals surface area contributed by atoms with Crippen LogP contribution in [0.3, 0.4) is 0 Å². The highest BCUT2D eigenvalue weighted by Gasteiger charge is 2.25. The third kappa shape index (κ3) is 3.42. The van der Waals surface area contributed by atoms with Gasteiger partial charge in [0.1, 0.15) is 5.75 Å². The van der Waals surface area contributed by atoms with E-state index >= 15 is 0 Å². The van der Waals surface area contributed by atoms with Crippen LogP contribution in [0.2, 0.25) is 5.02 Å².